The largest absolute Gasteiger partial charge is 0.373 e. The highest BCUT2D eigenvalue weighted by Crippen LogP contribution is 2.20. The van der Waals surface area contributed by atoms with Gasteiger partial charge in [0.25, 0.3) is 0 Å². The van der Waals surface area contributed by atoms with Gasteiger partial charge in [-0.2, -0.15) is 8.78 Å². The average molecular weight is 351 g/mol. The van der Waals surface area contributed by atoms with Crippen molar-refractivity contribution in [2.45, 2.75) is 19.6 Å². The third kappa shape index (κ3) is 5.52. The number of hydrogen-bond donors (Lipinski definition) is 1. The summed E-state index contributed by atoms with van der Waals surface area (Å²) in [6, 6.07) is 0. The predicted molar refractivity (Wildman–Crippen MR) is 78.7 cm³/mol. The van der Waals surface area contributed by atoms with Crippen LogP contribution in [0.2, 0.25) is 5.28 Å². The molecule has 0 radical (unpaired) electrons. The first-order valence-corrected chi connectivity index (χ1v) is 7.35. The lowest BCUT2D eigenvalue weighted by molar-refractivity contribution is -0.152. The molecule has 0 saturated carbocycles. The number of aryl methyl sites for hydroxylation is 1. The maximum Gasteiger partial charge on any atom is 0.345 e. The van der Waals surface area contributed by atoms with E-state index in [1.165, 1.54) is 0 Å². The molecule has 1 aliphatic heterocycles. The summed E-state index contributed by atoms with van der Waals surface area (Å²) >= 11 is 5.82. The maximum atomic E-state index is 11.8. The van der Waals surface area contributed by atoms with Crippen LogP contribution in [0.3, 0.4) is 0 Å². The van der Waals surface area contributed by atoms with Crippen LogP contribution < -0.4 is 10.2 Å². The molecule has 0 aromatic carbocycles. The van der Waals surface area contributed by atoms with Crippen LogP contribution in [0.25, 0.3) is 0 Å². The summed E-state index contributed by atoms with van der Waals surface area (Å²) < 4.78 is 33.2. The fourth-order valence-electron chi connectivity index (χ4n) is 2.18. The van der Waals surface area contributed by atoms with E-state index in [2.05, 4.69) is 20.0 Å². The second kappa shape index (κ2) is 8.32. The van der Waals surface area contributed by atoms with Crippen molar-refractivity contribution in [3.8, 4) is 0 Å². The molecule has 1 aliphatic rings. The van der Waals surface area contributed by atoms with Crippen LogP contribution >= 0.6 is 11.6 Å². The van der Waals surface area contributed by atoms with Crippen LogP contribution in [0.5, 0.6) is 0 Å². The van der Waals surface area contributed by atoms with E-state index in [4.69, 9.17) is 16.3 Å². The number of anilines is 1. The molecule has 1 saturated heterocycles. The first-order valence-electron chi connectivity index (χ1n) is 6.98. The van der Waals surface area contributed by atoms with Gasteiger partial charge in [0.1, 0.15) is 12.4 Å². The molecule has 0 aliphatic carbocycles. The van der Waals surface area contributed by atoms with E-state index in [0.29, 0.717) is 25.5 Å². The Hall–Kier alpha value is -1.58. The molecule has 7 nitrogen and oxygen atoms in total. The predicted octanol–water partition coefficient (Wildman–Crippen LogP) is 0.999. The summed E-state index contributed by atoms with van der Waals surface area (Å²) in [5.74, 6) is 0.0953. The van der Waals surface area contributed by atoms with Crippen LogP contribution in [0.1, 0.15) is 5.56 Å². The lowest BCUT2D eigenvalue weighted by Crippen LogP contribution is -2.48. The highest BCUT2D eigenvalue weighted by Gasteiger charge is 2.23. The van der Waals surface area contributed by atoms with Crippen molar-refractivity contribution in [1.29, 1.82) is 0 Å². The molecule has 2 rings (SSSR count). The number of ether oxygens (including phenoxy) is 2. The van der Waals surface area contributed by atoms with Gasteiger partial charge in [-0.1, -0.05) is 0 Å². The molecule has 1 aromatic heterocycles. The van der Waals surface area contributed by atoms with E-state index in [9.17, 15) is 13.6 Å². The van der Waals surface area contributed by atoms with Gasteiger partial charge in [-0.25, -0.2) is 9.97 Å². The Kier molecular flexibility index (Phi) is 6.43. The normalized spacial score (nSPS) is 18.3. The lowest BCUT2D eigenvalue weighted by Gasteiger charge is -2.34. The standard InChI is InChI=1S/C13H17ClF2N4O3/c1-8-4-18-12(14)19-11(8)20-2-3-22-9(6-20)5-17-10(21)7-23-13(15)16/h4,9,13H,2-3,5-7H2,1H3,(H,17,21). The summed E-state index contributed by atoms with van der Waals surface area (Å²) in [5.41, 5.74) is 0.879. The summed E-state index contributed by atoms with van der Waals surface area (Å²) in [4.78, 5) is 21.5. The maximum absolute atomic E-state index is 11.8. The number of halogens is 3. The number of rotatable bonds is 6. The third-order valence-electron chi connectivity index (χ3n) is 3.22. The Bertz CT molecular complexity index is 550. The Morgan fingerprint density at radius 1 is 1.65 bits per heavy atom. The molecular formula is C13H17ClF2N4O3. The minimum Gasteiger partial charge on any atom is -0.373 e. The number of nitrogens with one attached hydrogen (secondary N) is 1. The molecule has 1 aromatic rings. The fraction of sp³-hybridized carbons (Fsp3) is 0.615. The van der Waals surface area contributed by atoms with Gasteiger partial charge in [-0.3, -0.25) is 4.79 Å². The van der Waals surface area contributed by atoms with E-state index in [1.807, 2.05) is 11.8 Å². The highest BCUT2D eigenvalue weighted by atomic mass is 35.5. The average Bonchev–Trinajstić information content (AvgIpc) is 2.53. The molecule has 23 heavy (non-hydrogen) atoms. The SMILES string of the molecule is Cc1cnc(Cl)nc1N1CCOC(CNC(=O)COC(F)F)C1. The van der Waals surface area contributed by atoms with Crippen molar-refractivity contribution >= 4 is 23.3 Å². The molecular weight excluding hydrogens is 334 g/mol. The van der Waals surface area contributed by atoms with Crippen molar-refractivity contribution in [3.63, 3.8) is 0 Å². The number of alkyl halides is 2. The topological polar surface area (TPSA) is 76.6 Å². The van der Waals surface area contributed by atoms with Gasteiger partial charge in [0.2, 0.25) is 11.2 Å². The number of aromatic nitrogens is 2. The van der Waals surface area contributed by atoms with E-state index < -0.39 is 19.1 Å². The van der Waals surface area contributed by atoms with E-state index in [0.717, 1.165) is 5.56 Å². The van der Waals surface area contributed by atoms with E-state index in [1.54, 1.807) is 6.20 Å². The van der Waals surface area contributed by atoms with E-state index in [-0.39, 0.29) is 17.9 Å². The zero-order valence-corrected chi connectivity index (χ0v) is 13.2. The van der Waals surface area contributed by atoms with Gasteiger partial charge in [0.05, 0.1) is 12.7 Å². The van der Waals surface area contributed by atoms with E-state index >= 15 is 0 Å². The second-order valence-electron chi connectivity index (χ2n) is 4.96. The Morgan fingerprint density at radius 3 is 3.17 bits per heavy atom. The quantitative estimate of drug-likeness (QED) is 0.771. The number of morpholine rings is 1. The van der Waals surface area contributed by atoms with Crippen LogP contribution in [0.15, 0.2) is 6.20 Å². The zero-order valence-electron chi connectivity index (χ0n) is 12.5. The number of carbonyl (C=O) groups is 1. The van der Waals surface area contributed by atoms with Gasteiger partial charge >= 0.3 is 6.61 Å². The van der Waals surface area contributed by atoms with Crippen molar-refractivity contribution in [2.75, 3.05) is 37.7 Å². The first kappa shape index (κ1) is 17.8. The Labute approximate surface area is 136 Å². The minimum atomic E-state index is -2.97. The van der Waals surface area contributed by atoms with Crippen molar-refractivity contribution in [3.05, 3.63) is 17.0 Å². The van der Waals surface area contributed by atoms with Gasteiger partial charge in [0, 0.05) is 31.4 Å². The monoisotopic (exact) mass is 350 g/mol. The Balaban J connectivity index is 1.86. The number of carbonyl (C=O) groups excluding carboxylic acids is 1. The smallest absolute Gasteiger partial charge is 0.345 e. The van der Waals surface area contributed by atoms with Crippen LogP contribution in [-0.4, -0.2) is 61.4 Å². The van der Waals surface area contributed by atoms with Gasteiger partial charge in [-0.15, -0.1) is 0 Å². The summed E-state index contributed by atoms with van der Waals surface area (Å²) in [6.07, 6.45) is 1.35. The van der Waals surface area contributed by atoms with Gasteiger partial charge < -0.3 is 19.7 Å². The lowest BCUT2D eigenvalue weighted by atomic mass is 10.2. The fourth-order valence-corrected chi connectivity index (χ4v) is 2.31. The van der Waals surface area contributed by atoms with Crippen LogP contribution in [0.4, 0.5) is 14.6 Å². The number of hydrogen-bond acceptors (Lipinski definition) is 6. The van der Waals surface area contributed by atoms with Crippen molar-refractivity contribution in [2.24, 2.45) is 0 Å². The van der Waals surface area contributed by atoms with Gasteiger partial charge in [-0.05, 0) is 18.5 Å². The molecule has 0 bridgehead atoms. The van der Waals surface area contributed by atoms with Crippen molar-refractivity contribution in [1.82, 2.24) is 15.3 Å². The Morgan fingerprint density at radius 2 is 2.43 bits per heavy atom. The van der Waals surface area contributed by atoms with Crippen LogP contribution in [0, 0.1) is 6.92 Å². The molecule has 128 valence electrons. The van der Waals surface area contributed by atoms with Crippen molar-refractivity contribution < 1.29 is 23.0 Å². The third-order valence-corrected chi connectivity index (χ3v) is 3.40. The van der Waals surface area contributed by atoms with Crippen LogP contribution in [-0.2, 0) is 14.3 Å². The van der Waals surface area contributed by atoms with Gasteiger partial charge in [0.15, 0.2) is 0 Å². The second-order valence-corrected chi connectivity index (χ2v) is 5.30. The molecule has 1 amide bonds. The molecule has 1 unspecified atom stereocenters. The zero-order chi connectivity index (χ0) is 16.8. The minimum absolute atomic E-state index is 0.158. The summed E-state index contributed by atoms with van der Waals surface area (Å²) in [7, 11) is 0. The number of amides is 1. The molecule has 0 spiro atoms. The molecule has 1 N–H and O–H groups in total. The summed E-state index contributed by atoms with van der Waals surface area (Å²) in [5, 5.41) is 2.66. The first-order chi connectivity index (χ1) is 11.0. The molecule has 1 atom stereocenters. The summed E-state index contributed by atoms with van der Waals surface area (Å²) in [6.45, 7) is -0.00627. The molecule has 1 fully saturated rings. The number of nitrogens with zero attached hydrogens (tertiary/aromatic N) is 3. The molecule has 10 heteroatoms. The highest BCUT2D eigenvalue weighted by molar-refractivity contribution is 6.28. The molecule has 2 heterocycles.